The molecule has 2 N–H and O–H groups in total. The molecule has 1 aromatic carbocycles. The molecule has 1 heterocycles. The van der Waals surface area contributed by atoms with Crippen molar-refractivity contribution < 1.29 is 4.79 Å². The predicted molar refractivity (Wildman–Crippen MR) is 82.9 cm³/mol. The maximum absolute atomic E-state index is 12.1. The first-order chi connectivity index (χ1) is 9.51. The van der Waals surface area contributed by atoms with Crippen LogP contribution in [0.5, 0.6) is 0 Å². The Hall–Kier alpha value is -2.15. The SMILES string of the molecule is CNc1nnc(C(=O)Nc2ccc(C)c(N(C)C)c2)s1. The van der Waals surface area contributed by atoms with Crippen LogP contribution in [-0.2, 0) is 0 Å². The van der Waals surface area contributed by atoms with Crippen LogP contribution in [0, 0.1) is 6.92 Å². The third-order valence-electron chi connectivity index (χ3n) is 2.78. The smallest absolute Gasteiger partial charge is 0.286 e. The zero-order chi connectivity index (χ0) is 14.7. The Morgan fingerprint density at radius 3 is 2.65 bits per heavy atom. The van der Waals surface area contributed by atoms with E-state index in [0.29, 0.717) is 10.1 Å². The van der Waals surface area contributed by atoms with Gasteiger partial charge in [-0.1, -0.05) is 17.4 Å². The molecule has 0 saturated heterocycles. The van der Waals surface area contributed by atoms with Crippen LogP contribution in [0.25, 0.3) is 0 Å². The standard InChI is InChI=1S/C13H17N5OS/c1-8-5-6-9(7-10(8)18(3)4)15-11(19)12-16-17-13(14-2)20-12/h5-7H,1-4H3,(H,14,17)(H,15,19). The van der Waals surface area contributed by atoms with Gasteiger partial charge in [-0.05, 0) is 24.6 Å². The first-order valence-corrected chi connectivity index (χ1v) is 6.93. The van der Waals surface area contributed by atoms with E-state index in [2.05, 4.69) is 20.8 Å². The Bertz CT molecular complexity index is 623. The van der Waals surface area contributed by atoms with E-state index in [9.17, 15) is 4.79 Å². The Kier molecular flexibility index (Phi) is 4.19. The number of benzene rings is 1. The Morgan fingerprint density at radius 2 is 2.05 bits per heavy atom. The second kappa shape index (κ2) is 5.87. The second-order valence-electron chi connectivity index (χ2n) is 4.51. The van der Waals surface area contributed by atoms with Gasteiger partial charge in [-0.15, -0.1) is 10.2 Å². The molecule has 0 aliphatic rings. The first-order valence-electron chi connectivity index (χ1n) is 6.12. The summed E-state index contributed by atoms with van der Waals surface area (Å²) >= 11 is 1.22. The lowest BCUT2D eigenvalue weighted by molar-refractivity contribution is 0.102. The van der Waals surface area contributed by atoms with Gasteiger partial charge in [-0.3, -0.25) is 4.79 Å². The van der Waals surface area contributed by atoms with Gasteiger partial charge in [0.1, 0.15) is 0 Å². The molecule has 0 aliphatic heterocycles. The van der Waals surface area contributed by atoms with Gasteiger partial charge < -0.3 is 15.5 Å². The third-order valence-corrected chi connectivity index (χ3v) is 3.72. The van der Waals surface area contributed by atoms with E-state index in [1.807, 2.05) is 44.1 Å². The summed E-state index contributed by atoms with van der Waals surface area (Å²) in [5.74, 6) is -0.252. The maximum atomic E-state index is 12.1. The van der Waals surface area contributed by atoms with Crippen LogP contribution in [0.1, 0.15) is 15.4 Å². The molecule has 20 heavy (non-hydrogen) atoms. The maximum Gasteiger partial charge on any atom is 0.286 e. The van der Waals surface area contributed by atoms with Crippen molar-refractivity contribution in [3.8, 4) is 0 Å². The number of hydrogen-bond donors (Lipinski definition) is 2. The van der Waals surface area contributed by atoms with Gasteiger partial charge in [0.25, 0.3) is 5.91 Å². The van der Waals surface area contributed by atoms with Gasteiger partial charge in [-0.25, -0.2) is 0 Å². The van der Waals surface area contributed by atoms with E-state index in [1.165, 1.54) is 11.3 Å². The molecule has 0 saturated carbocycles. The van der Waals surface area contributed by atoms with Crippen molar-refractivity contribution in [3.63, 3.8) is 0 Å². The highest BCUT2D eigenvalue weighted by atomic mass is 32.1. The van der Waals surface area contributed by atoms with E-state index >= 15 is 0 Å². The molecule has 0 radical (unpaired) electrons. The summed E-state index contributed by atoms with van der Waals surface area (Å²) in [5, 5.41) is 14.3. The molecule has 0 unspecified atom stereocenters. The van der Waals surface area contributed by atoms with E-state index in [4.69, 9.17) is 0 Å². The van der Waals surface area contributed by atoms with E-state index in [0.717, 1.165) is 16.9 Å². The molecule has 2 rings (SSSR count). The van der Waals surface area contributed by atoms with Crippen molar-refractivity contribution in [1.29, 1.82) is 0 Å². The summed E-state index contributed by atoms with van der Waals surface area (Å²) in [4.78, 5) is 14.1. The molecule has 1 amide bonds. The summed E-state index contributed by atoms with van der Waals surface area (Å²) in [7, 11) is 5.68. The minimum atomic E-state index is -0.252. The van der Waals surface area contributed by atoms with Crippen molar-refractivity contribution in [2.24, 2.45) is 0 Å². The summed E-state index contributed by atoms with van der Waals surface area (Å²) in [6.07, 6.45) is 0. The molecule has 106 valence electrons. The molecule has 7 heteroatoms. The monoisotopic (exact) mass is 291 g/mol. The number of aromatic nitrogens is 2. The van der Waals surface area contributed by atoms with Crippen LogP contribution < -0.4 is 15.5 Å². The number of rotatable bonds is 4. The van der Waals surface area contributed by atoms with Gasteiger partial charge in [0, 0.05) is 32.5 Å². The zero-order valence-corrected chi connectivity index (χ0v) is 12.7. The molecular formula is C13H17N5OS. The van der Waals surface area contributed by atoms with Crippen molar-refractivity contribution in [3.05, 3.63) is 28.8 Å². The molecule has 0 atom stereocenters. The van der Waals surface area contributed by atoms with Crippen LogP contribution in [0.15, 0.2) is 18.2 Å². The van der Waals surface area contributed by atoms with Crippen LogP contribution in [0.3, 0.4) is 0 Å². The zero-order valence-electron chi connectivity index (χ0n) is 11.9. The van der Waals surface area contributed by atoms with Crippen molar-refractivity contribution >= 4 is 33.8 Å². The number of nitrogens with one attached hydrogen (secondary N) is 2. The van der Waals surface area contributed by atoms with Crippen LogP contribution in [0.2, 0.25) is 0 Å². The summed E-state index contributed by atoms with van der Waals surface area (Å²) in [5.41, 5.74) is 2.96. The molecule has 0 spiro atoms. The van der Waals surface area contributed by atoms with Gasteiger partial charge in [0.15, 0.2) is 0 Å². The largest absolute Gasteiger partial charge is 0.377 e. The fourth-order valence-electron chi connectivity index (χ4n) is 1.77. The first kappa shape index (κ1) is 14.3. The number of amides is 1. The topological polar surface area (TPSA) is 70.1 Å². The van der Waals surface area contributed by atoms with Gasteiger partial charge in [-0.2, -0.15) is 0 Å². The lowest BCUT2D eigenvalue weighted by atomic mass is 10.1. The van der Waals surface area contributed by atoms with Crippen molar-refractivity contribution in [2.45, 2.75) is 6.92 Å². The van der Waals surface area contributed by atoms with Gasteiger partial charge in [0.2, 0.25) is 10.1 Å². The fourth-order valence-corrected chi connectivity index (χ4v) is 2.36. The highest BCUT2D eigenvalue weighted by Crippen LogP contribution is 2.23. The number of aryl methyl sites for hydroxylation is 1. The fraction of sp³-hybridized carbons (Fsp3) is 0.308. The quantitative estimate of drug-likeness (QED) is 0.903. The highest BCUT2D eigenvalue weighted by molar-refractivity contribution is 7.17. The van der Waals surface area contributed by atoms with Crippen molar-refractivity contribution in [1.82, 2.24) is 10.2 Å². The highest BCUT2D eigenvalue weighted by Gasteiger charge is 2.13. The molecule has 0 bridgehead atoms. The van der Waals surface area contributed by atoms with Gasteiger partial charge >= 0.3 is 0 Å². The van der Waals surface area contributed by atoms with Crippen LogP contribution in [-0.4, -0.2) is 37.2 Å². The average Bonchev–Trinajstić information content (AvgIpc) is 2.89. The van der Waals surface area contributed by atoms with E-state index < -0.39 is 0 Å². The number of anilines is 3. The Balaban J connectivity index is 2.17. The van der Waals surface area contributed by atoms with E-state index in [-0.39, 0.29) is 5.91 Å². The molecule has 1 aromatic heterocycles. The minimum absolute atomic E-state index is 0.252. The number of carbonyl (C=O) groups is 1. The van der Waals surface area contributed by atoms with Crippen molar-refractivity contribution in [2.75, 3.05) is 36.7 Å². The second-order valence-corrected chi connectivity index (χ2v) is 5.49. The normalized spacial score (nSPS) is 10.2. The minimum Gasteiger partial charge on any atom is -0.377 e. The lowest BCUT2D eigenvalue weighted by Crippen LogP contribution is -2.14. The molecule has 2 aromatic rings. The average molecular weight is 291 g/mol. The summed E-state index contributed by atoms with van der Waals surface area (Å²) in [6, 6.07) is 5.79. The number of nitrogens with zero attached hydrogens (tertiary/aromatic N) is 3. The molecule has 0 fully saturated rings. The Labute approximate surface area is 121 Å². The molecule has 0 aliphatic carbocycles. The summed E-state index contributed by atoms with van der Waals surface area (Å²) < 4.78 is 0. The lowest BCUT2D eigenvalue weighted by Gasteiger charge is -2.16. The Morgan fingerprint density at radius 1 is 1.30 bits per heavy atom. The molecular weight excluding hydrogens is 274 g/mol. The predicted octanol–water partition coefficient (Wildman–Crippen LogP) is 2.21. The number of carbonyl (C=O) groups excluding carboxylic acids is 1. The molecule has 6 nitrogen and oxygen atoms in total. The van der Waals surface area contributed by atoms with Gasteiger partial charge in [0.05, 0.1) is 0 Å². The summed E-state index contributed by atoms with van der Waals surface area (Å²) in [6.45, 7) is 2.03. The van der Waals surface area contributed by atoms with Crippen LogP contribution in [0.4, 0.5) is 16.5 Å². The van der Waals surface area contributed by atoms with Crippen LogP contribution >= 0.6 is 11.3 Å². The third kappa shape index (κ3) is 3.05. The number of hydrogen-bond acceptors (Lipinski definition) is 6. The van der Waals surface area contributed by atoms with E-state index in [1.54, 1.807) is 7.05 Å².